The van der Waals surface area contributed by atoms with Crippen molar-refractivity contribution in [2.45, 2.75) is 79.4 Å². The molecule has 0 spiro atoms. The van der Waals surface area contributed by atoms with Gasteiger partial charge in [0.05, 0.1) is 19.3 Å². The second-order valence-corrected chi connectivity index (χ2v) is 10.6. The molecule has 0 bridgehead atoms. The lowest BCUT2D eigenvalue weighted by molar-refractivity contribution is -0.138. The van der Waals surface area contributed by atoms with E-state index in [1.165, 1.54) is 0 Å². The molecule has 0 fully saturated rings. The van der Waals surface area contributed by atoms with Crippen LogP contribution < -0.4 is 22.0 Å². The Kier molecular flexibility index (Phi) is 17.5. The van der Waals surface area contributed by atoms with Gasteiger partial charge < -0.3 is 15.8 Å². The predicted octanol–water partition coefficient (Wildman–Crippen LogP) is 4.42. The van der Waals surface area contributed by atoms with Gasteiger partial charge in [0.25, 0.3) is 11.8 Å². The number of alkyl carbamates (subject to hydrolysis) is 1. The van der Waals surface area contributed by atoms with Gasteiger partial charge in [-0.25, -0.2) is 15.8 Å². The molecule has 2 rings (SSSR count). The second kappa shape index (κ2) is 19.0. The van der Waals surface area contributed by atoms with Gasteiger partial charge in [0.2, 0.25) is 0 Å². The van der Waals surface area contributed by atoms with Gasteiger partial charge in [0, 0.05) is 0 Å². The van der Waals surface area contributed by atoms with E-state index in [-0.39, 0.29) is 36.8 Å². The molecule has 0 saturated heterocycles. The molecule has 0 heterocycles. The predicted molar refractivity (Wildman–Crippen MR) is 157 cm³/mol. The number of carbonyl (C=O) groups excluding carboxylic acids is 3. The molecule has 2 atom stereocenters. The van der Waals surface area contributed by atoms with Crippen molar-refractivity contribution >= 4 is 30.3 Å². The first-order valence-corrected chi connectivity index (χ1v) is 13.0. The number of carbonyl (C=O) groups is 3. The molecule has 0 aromatic heterocycles. The van der Waals surface area contributed by atoms with Crippen LogP contribution in [0.5, 0.6) is 0 Å². The van der Waals surface area contributed by atoms with Crippen LogP contribution in [0.15, 0.2) is 60.7 Å². The highest BCUT2D eigenvalue weighted by Crippen LogP contribution is 2.09. The highest BCUT2D eigenvalue weighted by Gasteiger charge is 2.27. The summed E-state index contributed by atoms with van der Waals surface area (Å²) in [6.07, 6.45) is -0.630. The highest BCUT2D eigenvalue weighted by molar-refractivity contribution is 5.85. The molecule has 2 aromatic rings. The van der Waals surface area contributed by atoms with Crippen LogP contribution in [0.3, 0.4) is 0 Å². The van der Waals surface area contributed by atoms with Crippen LogP contribution in [0.2, 0.25) is 0 Å². The van der Waals surface area contributed by atoms with Gasteiger partial charge in [0.15, 0.2) is 0 Å². The first-order chi connectivity index (χ1) is 18.3. The molecular weight excluding hydrogens is 536 g/mol. The number of hydroxylamine groups is 2. The highest BCUT2D eigenvalue weighted by atomic mass is 35.5. The van der Waals surface area contributed by atoms with Gasteiger partial charge in [-0.3, -0.25) is 19.3 Å². The third-order valence-corrected chi connectivity index (χ3v) is 5.15. The maximum atomic E-state index is 12.2. The van der Waals surface area contributed by atoms with E-state index in [0.717, 1.165) is 11.1 Å². The lowest BCUT2D eigenvalue weighted by Crippen LogP contribution is -2.50. The normalized spacial score (nSPS) is 12.2. The zero-order valence-electron chi connectivity index (χ0n) is 24.4. The molecule has 224 valence electrons. The van der Waals surface area contributed by atoms with Crippen LogP contribution >= 0.6 is 12.4 Å². The molecule has 0 saturated carbocycles. The van der Waals surface area contributed by atoms with Crippen molar-refractivity contribution in [1.82, 2.24) is 16.3 Å². The lowest BCUT2D eigenvalue weighted by atomic mass is 10.0. The topological polar surface area (TPSA) is 141 Å². The fraction of sp³-hybridized carbons (Fsp3) is 0.483. The van der Waals surface area contributed by atoms with Gasteiger partial charge in [-0.2, -0.15) is 0 Å². The summed E-state index contributed by atoms with van der Waals surface area (Å²) in [6, 6.07) is 17.8. The van der Waals surface area contributed by atoms with Crippen molar-refractivity contribution in [2.75, 3.05) is 0 Å². The zero-order valence-corrected chi connectivity index (χ0v) is 25.2. The zero-order chi connectivity index (χ0) is 29.4. The molecule has 11 heteroatoms. The van der Waals surface area contributed by atoms with E-state index in [9.17, 15) is 14.4 Å². The number of nitrogens with one attached hydrogen (secondary N) is 3. The minimum absolute atomic E-state index is 0. The Morgan fingerprint density at radius 3 is 1.55 bits per heavy atom. The fourth-order valence-corrected chi connectivity index (χ4v) is 2.93. The minimum Gasteiger partial charge on any atom is -0.444 e. The smallest absolute Gasteiger partial charge is 0.408 e. The number of amides is 3. The van der Waals surface area contributed by atoms with E-state index in [4.69, 9.17) is 20.1 Å². The summed E-state index contributed by atoms with van der Waals surface area (Å²) in [4.78, 5) is 45.7. The van der Waals surface area contributed by atoms with E-state index in [0.29, 0.717) is 6.61 Å². The number of halogens is 1. The van der Waals surface area contributed by atoms with Crippen LogP contribution in [-0.4, -0.2) is 35.6 Å². The molecule has 0 unspecified atom stereocenters. The second-order valence-electron chi connectivity index (χ2n) is 10.6. The molecule has 3 amide bonds. The lowest BCUT2D eigenvalue weighted by Gasteiger charge is -2.25. The van der Waals surface area contributed by atoms with E-state index in [1.54, 1.807) is 20.8 Å². The van der Waals surface area contributed by atoms with Gasteiger partial charge >= 0.3 is 6.09 Å². The van der Waals surface area contributed by atoms with Gasteiger partial charge in [-0.05, 0) is 43.7 Å². The third kappa shape index (κ3) is 16.0. The number of nitrogens with two attached hydrogens (primary N) is 1. The average Bonchev–Trinajstić information content (AvgIpc) is 2.87. The summed E-state index contributed by atoms with van der Waals surface area (Å²) >= 11 is 0. The number of ether oxygens (including phenoxy) is 1. The number of benzene rings is 2. The summed E-state index contributed by atoms with van der Waals surface area (Å²) in [5, 5.41) is 2.57. The molecule has 10 nitrogen and oxygen atoms in total. The Morgan fingerprint density at radius 1 is 0.750 bits per heavy atom. The van der Waals surface area contributed by atoms with Crippen LogP contribution in [0, 0.1) is 11.8 Å². The quantitative estimate of drug-likeness (QED) is 0.288. The van der Waals surface area contributed by atoms with E-state index in [1.807, 2.05) is 88.4 Å². The Morgan fingerprint density at radius 2 is 1.18 bits per heavy atom. The molecule has 0 aliphatic carbocycles. The van der Waals surface area contributed by atoms with Crippen LogP contribution in [0.1, 0.15) is 59.6 Å². The van der Waals surface area contributed by atoms with Crippen molar-refractivity contribution in [1.29, 1.82) is 0 Å². The number of rotatable bonds is 11. The molecule has 0 aliphatic rings. The summed E-state index contributed by atoms with van der Waals surface area (Å²) in [6.45, 7) is 13.3. The molecule has 0 radical (unpaired) electrons. The van der Waals surface area contributed by atoms with Crippen molar-refractivity contribution in [3.8, 4) is 0 Å². The summed E-state index contributed by atoms with van der Waals surface area (Å²) in [7, 11) is 0. The van der Waals surface area contributed by atoms with Crippen molar-refractivity contribution in [3.63, 3.8) is 0 Å². The summed E-state index contributed by atoms with van der Waals surface area (Å²) in [5.74, 6) is -0.712. The van der Waals surface area contributed by atoms with E-state index < -0.39 is 29.7 Å². The number of hydrogen-bond donors (Lipinski definition) is 4. The maximum Gasteiger partial charge on any atom is 0.408 e. The van der Waals surface area contributed by atoms with Crippen LogP contribution in [0.4, 0.5) is 4.79 Å². The van der Waals surface area contributed by atoms with Gasteiger partial charge in [-0.15, -0.1) is 12.4 Å². The number of hydrogen-bond acceptors (Lipinski definition) is 7. The van der Waals surface area contributed by atoms with E-state index >= 15 is 0 Å². The van der Waals surface area contributed by atoms with E-state index in [2.05, 4.69) is 16.3 Å². The summed E-state index contributed by atoms with van der Waals surface area (Å²) < 4.78 is 5.17. The maximum absolute atomic E-state index is 12.2. The monoisotopic (exact) mass is 580 g/mol. The Bertz CT molecular complexity index is 1000. The molecular formula is C29H45ClN4O6. The molecule has 40 heavy (non-hydrogen) atoms. The standard InChI is InChI=1S/C17H26N2O4.C12H18N2O2.ClH/c1-12(2)14(18-16(21)23-17(3,4)5)15(20)19-22-11-13-9-7-6-8-10-13;1-9(2)11(13)12(15)14-16-8-10-6-4-3-5-7-10;/h6-10,12,14H,11H2,1-5H3,(H,18,21)(H,19,20);3-7,9,11H,8,13H2,1-2H3,(H,14,15);1H/t14-;11-;/m00./s1. The fourth-order valence-electron chi connectivity index (χ4n) is 2.93. The van der Waals surface area contributed by atoms with Gasteiger partial charge in [0.1, 0.15) is 11.6 Å². The van der Waals surface area contributed by atoms with Crippen LogP contribution in [-0.2, 0) is 37.2 Å². The molecule has 5 N–H and O–H groups in total. The Hall–Kier alpha value is -3.18. The minimum atomic E-state index is -0.736. The van der Waals surface area contributed by atoms with Crippen LogP contribution in [0.25, 0.3) is 0 Å². The SMILES string of the molecule is CC(C)[C@H](N)C(=O)NOCc1ccccc1.CC(C)[C@H](NC(=O)OC(C)(C)C)C(=O)NOCc1ccccc1.Cl. The van der Waals surface area contributed by atoms with Crippen molar-refractivity contribution < 1.29 is 28.8 Å². The molecule has 2 aromatic carbocycles. The third-order valence-electron chi connectivity index (χ3n) is 5.15. The van der Waals surface area contributed by atoms with Crippen molar-refractivity contribution in [2.24, 2.45) is 17.6 Å². The average molecular weight is 581 g/mol. The molecule has 0 aliphatic heterocycles. The Balaban J connectivity index is 0.000000788. The first kappa shape index (κ1) is 36.8. The largest absolute Gasteiger partial charge is 0.444 e. The first-order valence-electron chi connectivity index (χ1n) is 13.0. The van der Waals surface area contributed by atoms with Crippen molar-refractivity contribution in [3.05, 3.63) is 71.8 Å². The Labute approximate surface area is 244 Å². The summed E-state index contributed by atoms with van der Waals surface area (Å²) in [5.41, 5.74) is 11.7. The van der Waals surface area contributed by atoms with Gasteiger partial charge in [-0.1, -0.05) is 88.4 Å².